The standard InChI is InChI=1S/C54H49N.C2H6/c1-8-20-36-24-19-30-46(41(36)9-2)53(4,5)47-33-39-23-15-16-27-42(39)52(35(47)3)55(40-25-11-10-12-26-40)50-34-49-51(44-29-18-17-28-43(44)50)45-31-37-21-13-14-22-38(37)32-48(45)54(49,6)7;1-2/h8-14,16-22,24-34H,2,15,23H2,1,3-7H3;1-2H3/b20-8-;. The second kappa shape index (κ2) is 14.9. The molecule has 1 heteroatoms. The summed E-state index contributed by atoms with van der Waals surface area (Å²) < 4.78 is 0. The number of fused-ring (bicyclic) bond motifs is 7. The van der Waals surface area contributed by atoms with E-state index in [4.69, 9.17) is 0 Å². The van der Waals surface area contributed by atoms with Gasteiger partial charge in [0.2, 0.25) is 0 Å². The van der Waals surface area contributed by atoms with Gasteiger partial charge >= 0.3 is 0 Å². The summed E-state index contributed by atoms with van der Waals surface area (Å²) in [4.78, 5) is 2.59. The Balaban J connectivity index is 0.00000224. The minimum absolute atomic E-state index is 0.187. The van der Waals surface area contributed by atoms with Crippen LogP contribution in [-0.4, -0.2) is 0 Å². The van der Waals surface area contributed by atoms with Crippen LogP contribution in [0.15, 0.2) is 140 Å². The first kappa shape index (κ1) is 38.0. The fourth-order valence-electron chi connectivity index (χ4n) is 9.84. The van der Waals surface area contributed by atoms with Gasteiger partial charge in [0, 0.05) is 27.5 Å². The minimum Gasteiger partial charge on any atom is -0.309 e. The van der Waals surface area contributed by atoms with Crippen molar-refractivity contribution in [2.24, 2.45) is 0 Å². The van der Waals surface area contributed by atoms with Crippen LogP contribution in [-0.2, 0) is 17.3 Å². The summed E-state index contributed by atoms with van der Waals surface area (Å²) in [5.74, 6) is 0. The molecule has 0 heterocycles. The second-order valence-electron chi connectivity index (χ2n) is 16.5. The number of aryl methyl sites for hydroxylation is 1. The van der Waals surface area contributed by atoms with Gasteiger partial charge in [-0.25, -0.2) is 0 Å². The van der Waals surface area contributed by atoms with E-state index in [0.29, 0.717) is 0 Å². The molecule has 9 rings (SSSR count). The van der Waals surface area contributed by atoms with Gasteiger partial charge < -0.3 is 4.90 Å². The molecule has 0 atom stereocenters. The highest BCUT2D eigenvalue weighted by molar-refractivity contribution is 6.11. The summed E-state index contributed by atoms with van der Waals surface area (Å²) in [5, 5.41) is 5.13. The fraction of sp³-hybridized carbons (Fsp3) is 0.214. The Morgan fingerprint density at radius 2 is 1.42 bits per heavy atom. The van der Waals surface area contributed by atoms with Crippen molar-refractivity contribution in [3.63, 3.8) is 0 Å². The predicted molar refractivity (Wildman–Crippen MR) is 251 cm³/mol. The number of anilines is 3. The normalized spacial score (nSPS) is 13.9. The summed E-state index contributed by atoms with van der Waals surface area (Å²) in [7, 11) is 0. The van der Waals surface area contributed by atoms with E-state index in [0.717, 1.165) is 18.5 Å². The van der Waals surface area contributed by atoms with Crippen molar-refractivity contribution in [1.29, 1.82) is 0 Å². The first-order valence-electron chi connectivity index (χ1n) is 20.8. The minimum atomic E-state index is -0.301. The Hall–Kier alpha value is -5.92. The summed E-state index contributed by atoms with van der Waals surface area (Å²) in [6.07, 6.45) is 13.2. The predicted octanol–water partition coefficient (Wildman–Crippen LogP) is 16.1. The van der Waals surface area contributed by atoms with E-state index in [1.54, 1.807) is 0 Å². The van der Waals surface area contributed by atoms with E-state index in [9.17, 15) is 0 Å². The number of benzene rings is 7. The molecule has 0 aromatic heterocycles. The van der Waals surface area contributed by atoms with Crippen molar-refractivity contribution in [2.45, 2.75) is 79.1 Å². The third kappa shape index (κ3) is 6.07. The number of nitrogens with zero attached hydrogens (tertiary/aromatic N) is 1. The molecule has 1 nitrogen and oxygen atoms in total. The lowest BCUT2D eigenvalue weighted by Crippen LogP contribution is -2.25. The largest absolute Gasteiger partial charge is 0.309 e. The Morgan fingerprint density at radius 1 is 0.737 bits per heavy atom. The monoisotopic (exact) mass is 741 g/mol. The zero-order valence-corrected chi connectivity index (χ0v) is 35.0. The maximum Gasteiger partial charge on any atom is 0.0569 e. The van der Waals surface area contributed by atoms with Gasteiger partial charge in [0.1, 0.15) is 0 Å². The first-order valence-corrected chi connectivity index (χ1v) is 20.8. The van der Waals surface area contributed by atoms with Crippen molar-refractivity contribution < 1.29 is 0 Å². The van der Waals surface area contributed by atoms with E-state index in [-0.39, 0.29) is 10.8 Å². The van der Waals surface area contributed by atoms with Crippen molar-refractivity contribution in [3.8, 4) is 11.1 Å². The maximum absolute atomic E-state index is 4.31. The van der Waals surface area contributed by atoms with Crippen LogP contribution in [0.5, 0.6) is 0 Å². The van der Waals surface area contributed by atoms with Gasteiger partial charge in [-0.2, -0.15) is 0 Å². The van der Waals surface area contributed by atoms with Crippen LogP contribution >= 0.6 is 0 Å². The SMILES string of the molecule is C=Cc1c(/C=C\C)cccc1C(C)(C)c1cc2c(c(N(c3ccccc3)c3cc4c(c5ccccc35)-c3cc5ccccc5cc3C4(C)C)c1C)C=CCC2.CC. The molecule has 0 aliphatic heterocycles. The average molecular weight is 742 g/mol. The molecule has 0 saturated heterocycles. The zero-order chi connectivity index (χ0) is 40.1. The van der Waals surface area contributed by atoms with Gasteiger partial charge in [-0.3, -0.25) is 0 Å². The topological polar surface area (TPSA) is 3.24 Å². The van der Waals surface area contributed by atoms with E-state index in [1.165, 1.54) is 94.1 Å². The summed E-state index contributed by atoms with van der Waals surface area (Å²) in [6, 6.07) is 45.6. The molecule has 57 heavy (non-hydrogen) atoms. The molecule has 0 bridgehead atoms. The molecular weight excluding hydrogens is 687 g/mol. The molecule has 0 radical (unpaired) electrons. The molecule has 0 N–H and O–H groups in total. The lowest BCUT2D eigenvalue weighted by Gasteiger charge is -2.37. The highest BCUT2D eigenvalue weighted by Crippen LogP contribution is 2.56. The van der Waals surface area contributed by atoms with Crippen molar-refractivity contribution in [3.05, 3.63) is 190 Å². The van der Waals surface area contributed by atoms with Crippen LogP contribution in [0.2, 0.25) is 0 Å². The van der Waals surface area contributed by atoms with Crippen molar-refractivity contribution >= 4 is 56.8 Å². The molecule has 7 aromatic rings. The Labute approximate surface area is 340 Å². The Bertz CT molecular complexity index is 2740. The first-order chi connectivity index (χ1) is 27.6. The van der Waals surface area contributed by atoms with Crippen LogP contribution in [0, 0.1) is 6.92 Å². The number of allylic oxidation sites excluding steroid dienone is 2. The van der Waals surface area contributed by atoms with Crippen LogP contribution in [0.25, 0.3) is 50.9 Å². The van der Waals surface area contributed by atoms with Gasteiger partial charge in [0.15, 0.2) is 0 Å². The maximum atomic E-state index is 4.31. The third-order valence-corrected chi connectivity index (χ3v) is 12.6. The lowest BCUT2D eigenvalue weighted by molar-refractivity contribution is 0.633. The fourth-order valence-corrected chi connectivity index (χ4v) is 9.84. The third-order valence-electron chi connectivity index (χ3n) is 12.6. The Morgan fingerprint density at radius 3 is 2.14 bits per heavy atom. The smallest absolute Gasteiger partial charge is 0.0569 e. The molecule has 0 spiro atoms. The average Bonchev–Trinajstić information content (AvgIpc) is 3.46. The van der Waals surface area contributed by atoms with Crippen LogP contribution in [0.1, 0.15) is 105 Å². The molecule has 284 valence electrons. The van der Waals surface area contributed by atoms with Crippen LogP contribution in [0.4, 0.5) is 17.1 Å². The Kier molecular flexibility index (Phi) is 9.91. The molecule has 0 fully saturated rings. The lowest BCUT2D eigenvalue weighted by atomic mass is 9.71. The zero-order valence-electron chi connectivity index (χ0n) is 35.0. The van der Waals surface area contributed by atoms with Crippen LogP contribution < -0.4 is 4.90 Å². The summed E-state index contributed by atoms with van der Waals surface area (Å²) in [6.45, 7) is 22.4. The number of rotatable bonds is 7. The number of hydrogen-bond acceptors (Lipinski definition) is 1. The second-order valence-corrected chi connectivity index (χ2v) is 16.5. The number of para-hydroxylation sites is 1. The highest BCUT2D eigenvalue weighted by Gasteiger charge is 2.39. The van der Waals surface area contributed by atoms with Crippen LogP contribution in [0.3, 0.4) is 0 Å². The van der Waals surface area contributed by atoms with E-state index in [2.05, 4.69) is 199 Å². The van der Waals surface area contributed by atoms with Gasteiger partial charge in [-0.15, -0.1) is 0 Å². The van der Waals surface area contributed by atoms with Gasteiger partial charge in [-0.05, 0) is 129 Å². The molecule has 2 aliphatic carbocycles. The molecule has 7 aromatic carbocycles. The molecule has 0 unspecified atom stereocenters. The highest BCUT2D eigenvalue weighted by atomic mass is 15.1. The molecular formula is C56H55N. The molecule has 2 aliphatic rings. The van der Waals surface area contributed by atoms with E-state index < -0.39 is 0 Å². The van der Waals surface area contributed by atoms with Gasteiger partial charge in [0.05, 0.1) is 11.4 Å². The van der Waals surface area contributed by atoms with Crippen molar-refractivity contribution in [1.82, 2.24) is 0 Å². The van der Waals surface area contributed by atoms with Crippen molar-refractivity contribution in [2.75, 3.05) is 4.90 Å². The molecule has 0 saturated carbocycles. The number of hydrogen-bond donors (Lipinski definition) is 0. The summed E-state index contributed by atoms with van der Waals surface area (Å²) >= 11 is 0. The van der Waals surface area contributed by atoms with Gasteiger partial charge in [0.25, 0.3) is 0 Å². The van der Waals surface area contributed by atoms with E-state index >= 15 is 0 Å². The molecule has 0 amide bonds. The van der Waals surface area contributed by atoms with Gasteiger partial charge in [-0.1, -0.05) is 169 Å². The summed E-state index contributed by atoms with van der Waals surface area (Å²) in [5.41, 5.74) is 17.7. The van der Waals surface area contributed by atoms with E-state index in [1.807, 2.05) is 19.9 Å². The quantitative estimate of drug-likeness (QED) is 0.157.